The van der Waals surface area contributed by atoms with E-state index in [1.807, 2.05) is 60.7 Å². The van der Waals surface area contributed by atoms with Crippen LogP contribution in [0.1, 0.15) is 31.9 Å². The van der Waals surface area contributed by atoms with Crippen molar-refractivity contribution in [2.24, 2.45) is 5.10 Å². The van der Waals surface area contributed by atoms with Crippen molar-refractivity contribution in [1.29, 1.82) is 0 Å². The Labute approximate surface area is 186 Å². The first-order valence-electron chi connectivity index (χ1n) is 9.73. The maximum Gasteiger partial charge on any atom is 0.277 e. The van der Waals surface area contributed by atoms with E-state index in [0.29, 0.717) is 5.75 Å². The largest absolute Gasteiger partial charge is 0.483 e. The van der Waals surface area contributed by atoms with Crippen molar-refractivity contribution in [3.63, 3.8) is 0 Å². The van der Waals surface area contributed by atoms with E-state index < -0.39 is 0 Å². The molecule has 1 amide bonds. The zero-order chi connectivity index (χ0) is 21.6. The number of carbonyl (C=O) groups is 1. The smallest absolute Gasteiger partial charge is 0.277 e. The molecule has 5 heteroatoms. The third-order valence-electron chi connectivity index (χ3n) is 4.58. The predicted octanol–water partition coefficient (Wildman–Crippen LogP) is 5.94. The minimum atomic E-state index is -0.320. The lowest BCUT2D eigenvalue weighted by atomic mass is 9.87. The molecule has 0 bridgehead atoms. The van der Waals surface area contributed by atoms with Gasteiger partial charge in [0.25, 0.3) is 5.91 Å². The first-order chi connectivity index (χ1) is 14.3. The first-order valence-corrected chi connectivity index (χ1v) is 10.5. The zero-order valence-electron chi connectivity index (χ0n) is 17.4. The van der Waals surface area contributed by atoms with Gasteiger partial charge in [-0.3, -0.25) is 4.79 Å². The molecule has 0 aliphatic carbocycles. The van der Waals surface area contributed by atoms with Gasteiger partial charge < -0.3 is 4.74 Å². The Morgan fingerprint density at radius 2 is 1.67 bits per heavy atom. The average molecular weight is 465 g/mol. The van der Waals surface area contributed by atoms with Gasteiger partial charge in [-0.25, -0.2) is 5.43 Å². The molecule has 0 heterocycles. The van der Waals surface area contributed by atoms with Crippen LogP contribution in [0.5, 0.6) is 5.75 Å². The van der Waals surface area contributed by atoms with Gasteiger partial charge in [-0.15, -0.1) is 0 Å². The molecule has 4 nitrogen and oxygen atoms in total. The van der Waals surface area contributed by atoms with E-state index in [1.165, 1.54) is 5.56 Å². The minimum Gasteiger partial charge on any atom is -0.483 e. The standard InChI is InChI=1S/C25H25BrN2O2/c1-25(2,3)21-13-14-23(22(26)15-21)30-17-24(29)28-27-16-18-9-11-20(12-10-18)19-7-5-4-6-8-19/h4-16H,17H2,1-3H3,(H,28,29)/b27-16+. The molecule has 3 rings (SSSR count). The maximum atomic E-state index is 12.0. The van der Waals surface area contributed by atoms with Gasteiger partial charge in [0.1, 0.15) is 5.75 Å². The van der Waals surface area contributed by atoms with Gasteiger partial charge in [0.05, 0.1) is 10.7 Å². The van der Waals surface area contributed by atoms with Crippen molar-refractivity contribution in [2.45, 2.75) is 26.2 Å². The molecule has 0 aliphatic heterocycles. The Hall–Kier alpha value is -2.92. The van der Waals surface area contributed by atoms with Crippen LogP contribution in [0.15, 0.2) is 82.4 Å². The second kappa shape index (κ2) is 9.72. The zero-order valence-corrected chi connectivity index (χ0v) is 18.9. The van der Waals surface area contributed by atoms with Gasteiger partial charge in [-0.2, -0.15) is 5.10 Å². The molecule has 0 saturated carbocycles. The second-order valence-corrected chi connectivity index (χ2v) is 8.82. The van der Waals surface area contributed by atoms with E-state index in [4.69, 9.17) is 4.74 Å². The number of carbonyl (C=O) groups excluding carboxylic acids is 1. The summed E-state index contributed by atoms with van der Waals surface area (Å²) < 4.78 is 6.42. The van der Waals surface area contributed by atoms with E-state index in [1.54, 1.807) is 6.21 Å². The molecule has 0 radical (unpaired) electrons. The Balaban J connectivity index is 1.50. The van der Waals surface area contributed by atoms with Crippen LogP contribution in [0.2, 0.25) is 0 Å². The Bertz CT molecular complexity index is 1020. The van der Waals surface area contributed by atoms with Crippen LogP contribution in [0.4, 0.5) is 0 Å². The molecule has 3 aromatic rings. The van der Waals surface area contributed by atoms with Crippen molar-refractivity contribution in [3.05, 3.63) is 88.4 Å². The highest BCUT2D eigenvalue weighted by molar-refractivity contribution is 9.10. The van der Waals surface area contributed by atoms with Crippen molar-refractivity contribution in [1.82, 2.24) is 5.43 Å². The summed E-state index contributed by atoms with van der Waals surface area (Å²) in [6.45, 7) is 6.33. The number of ether oxygens (including phenoxy) is 1. The molecule has 0 aliphatic rings. The molecule has 0 spiro atoms. The first kappa shape index (κ1) is 21.8. The molecule has 1 N–H and O–H groups in total. The summed E-state index contributed by atoms with van der Waals surface area (Å²) in [6.07, 6.45) is 1.61. The Morgan fingerprint density at radius 1 is 1.00 bits per heavy atom. The van der Waals surface area contributed by atoms with Crippen molar-refractivity contribution in [3.8, 4) is 16.9 Å². The van der Waals surface area contributed by atoms with E-state index in [-0.39, 0.29) is 17.9 Å². The van der Waals surface area contributed by atoms with Crippen LogP contribution in [-0.4, -0.2) is 18.7 Å². The minimum absolute atomic E-state index is 0.0481. The van der Waals surface area contributed by atoms with Crippen LogP contribution in [0.25, 0.3) is 11.1 Å². The van der Waals surface area contributed by atoms with E-state index in [0.717, 1.165) is 21.2 Å². The summed E-state index contributed by atoms with van der Waals surface area (Å²) >= 11 is 3.51. The van der Waals surface area contributed by atoms with Gasteiger partial charge >= 0.3 is 0 Å². The van der Waals surface area contributed by atoms with Crippen molar-refractivity contribution >= 4 is 28.1 Å². The number of nitrogens with zero attached hydrogens (tertiary/aromatic N) is 1. The second-order valence-electron chi connectivity index (χ2n) is 7.97. The number of nitrogens with one attached hydrogen (secondary N) is 1. The lowest BCUT2D eigenvalue weighted by Crippen LogP contribution is -2.24. The van der Waals surface area contributed by atoms with E-state index >= 15 is 0 Å². The van der Waals surface area contributed by atoms with Gasteiger partial charge in [-0.05, 0) is 55.7 Å². The number of amides is 1. The van der Waals surface area contributed by atoms with Crippen molar-refractivity contribution < 1.29 is 9.53 Å². The lowest BCUT2D eigenvalue weighted by Gasteiger charge is -2.20. The molecule has 3 aromatic carbocycles. The van der Waals surface area contributed by atoms with Gasteiger partial charge in [0, 0.05) is 0 Å². The molecule has 30 heavy (non-hydrogen) atoms. The van der Waals surface area contributed by atoms with Gasteiger partial charge in [0.2, 0.25) is 0 Å². The molecular formula is C25H25BrN2O2. The van der Waals surface area contributed by atoms with Crippen LogP contribution >= 0.6 is 15.9 Å². The predicted molar refractivity (Wildman–Crippen MR) is 126 cm³/mol. The third kappa shape index (κ3) is 6.04. The maximum absolute atomic E-state index is 12.0. The van der Waals surface area contributed by atoms with Gasteiger partial charge in [0.15, 0.2) is 6.61 Å². The fraction of sp³-hybridized carbons (Fsp3) is 0.200. The van der Waals surface area contributed by atoms with E-state index in [2.05, 4.69) is 59.4 Å². The fourth-order valence-corrected chi connectivity index (χ4v) is 3.32. The number of halogens is 1. The topological polar surface area (TPSA) is 50.7 Å². The van der Waals surface area contributed by atoms with Crippen LogP contribution < -0.4 is 10.2 Å². The van der Waals surface area contributed by atoms with Crippen LogP contribution in [-0.2, 0) is 10.2 Å². The van der Waals surface area contributed by atoms with E-state index in [9.17, 15) is 4.79 Å². The Kier molecular flexibility index (Phi) is 7.06. The van der Waals surface area contributed by atoms with Gasteiger partial charge in [-0.1, -0.05) is 81.4 Å². The molecule has 0 saturated heterocycles. The fourth-order valence-electron chi connectivity index (χ4n) is 2.83. The summed E-state index contributed by atoms with van der Waals surface area (Å²) in [5, 5.41) is 4.01. The average Bonchev–Trinajstić information content (AvgIpc) is 2.73. The summed E-state index contributed by atoms with van der Waals surface area (Å²) in [5.74, 6) is 0.303. The Morgan fingerprint density at radius 3 is 2.30 bits per heavy atom. The summed E-state index contributed by atoms with van der Waals surface area (Å²) in [4.78, 5) is 12.0. The molecule has 0 fully saturated rings. The highest BCUT2D eigenvalue weighted by atomic mass is 79.9. The highest BCUT2D eigenvalue weighted by Gasteiger charge is 2.15. The van der Waals surface area contributed by atoms with Crippen LogP contribution in [0.3, 0.4) is 0 Å². The molecule has 0 atom stereocenters. The highest BCUT2D eigenvalue weighted by Crippen LogP contribution is 2.31. The van der Waals surface area contributed by atoms with Crippen LogP contribution in [0, 0.1) is 0 Å². The third-order valence-corrected chi connectivity index (χ3v) is 5.20. The number of rotatable bonds is 6. The summed E-state index contributed by atoms with van der Waals surface area (Å²) in [6, 6.07) is 24.0. The van der Waals surface area contributed by atoms with Crippen molar-refractivity contribution in [2.75, 3.05) is 6.61 Å². The number of hydrogen-bond acceptors (Lipinski definition) is 3. The summed E-state index contributed by atoms with van der Waals surface area (Å²) in [7, 11) is 0. The molecule has 0 aromatic heterocycles. The molecule has 0 unspecified atom stereocenters. The molecule has 154 valence electrons. The number of benzene rings is 3. The monoisotopic (exact) mass is 464 g/mol. The number of hydrogen-bond donors (Lipinski definition) is 1. The normalized spacial score (nSPS) is 11.5. The lowest BCUT2D eigenvalue weighted by molar-refractivity contribution is -0.123. The molecular weight excluding hydrogens is 440 g/mol. The SMILES string of the molecule is CC(C)(C)c1ccc(OCC(=O)N/N=C/c2ccc(-c3ccccc3)cc2)c(Br)c1. The quantitative estimate of drug-likeness (QED) is 0.362. The summed E-state index contributed by atoms with van der Waals surface area (Å²) in [5.41, 5.74) is 6.92. The number of hydrazone groups is 1.